The van der Waals surface area contributed by atoms with Gasteiger partial charge in [-0.15, -0.1) is 0 Å². The van der Waals surface area contributed by atoms with E-state index in [9.17, 15) is 9.36 Å². The highest BCUT2D eigenvalue weighted by Crippen LogP contribution is 2.65. The molecule has 148 valence electrons. The van der Waals surface area contributed by atoms with Crippen molar-refractivity contribution in [1.29, 1.82) is 0 Å². The van der Waals surface area contributed by atoms with Crippen molar-refractivity contribution in [2.24, 2.45) is 5.41 Å². The zero-order valence-electron chi connectivity index (χ0n) is 17.4. The van der Waals surface area contributed by atoms with Crippen LogP contribution in [0.4, 0.5) is 4.79 Å². The maximum Gasteiger partial charge on any atom is 0.411 e. The van der Waals surface area contributed by atoms with E-state index in [0.717, 1.165) is 0 Å². The zero-order valence-corrected chi connectivity index (χ0v) is 18.3. The minimum Gasteiger partial charge on any atom is -0.444 e. The maximum atomic E-state index is 13.4. The van der Waals surface area contributed by atoms with Crippen LogP contribution >= 0.6 is 7.60 Å². The molecule has 0 aliphatic carbocycles. The van der Waals surface area contributed by atoms with Gasteiger partial charge in [0, 0.05) is 14.2 Å². The molecule has 1 fully saturated rings. The van der Waals surface area contributed by atoms with Crippen molar-refractivity contribution < 1.29 is 23.1 Å². The van der Waals surface area contributed by atoms with E-state index < -0.39 is 24.6 Å². The van der Waals surface area contributed by atoms with Crippen LogP contribution in [0.25, 0.3) is 0 Å². The minimum absolute atomic E-state index is 0.218. The molecule has 1 amide bonds. The Morgan fingerprint density at radius 2 is 1.64 bits per heavy atom. The Bertz CT molecular complexity index is 532. The van der Waals surface area contributed by atoms with E-state index in [4.69, 9.17) is 13.8 Å². The Hall–Kier alpha value is -0.620. The van der Waals surface area contributed by atoms with E-state index in [1.54, 1.807) is 4.90 Å². The SMILES string of the molecule is CC[C@]1(P(=O)(OC)OC)CN(C(=O)OC(C)(C)C)[C@@H](C(C)(C)C)N1C. The van der Waals surface area contributed by atoms with Crippen molar-refractivity contribution in [3.8, 4) is 0 Å². The summed E-state index contributed by atoms with van der Waals surface area (Å²) in [5.74, 6) is 0. The number of rotatable bonds is 4. The fourth-order valence-corrected chi connectivity index (χ4v) is 5.73. The molecule has 0 unspecified atom stereocenters. The Labute approximate surface area is 152 Å². The first kappa shape index (κ1) is 22.4. The first-order valence-corrected chi connectivity index (χ1v) is 10.2. The van der Waals surface area contributed by atoms with Crippen LogP contribution in [0.3, 0.4) is 0 Å². The van der Waals surface area contributed by atoms with Crippen LogP contribution in [0.5, 0.6) is 0 Å². The third-order valence-electron chi connectivity index (χ3n) is 4.70. The number of nitrogens with zero attached hydrogens (tertiary/aromatic N) is 2. The lowest BCUT2D eigenvalue weighted by molar-refractivity contribution is -0.00874. The molecule has 0 spiro atoms. The van der Waals surface area contributed by atoms with E-state index in [-0.39, 0.29) is 18.1 Å². The summed E-state index contributed by atoms with van der Waals surface area (Å²) in [6, 6.07) is 0. The first-order valence-electron chi connectivity index (χ1n) is 8.63. The van der Waals surface area contributed by atoms with Crippen molar-refractivity contribution in [2.75, 3.05) is 27.8 Å². The number of carbonyl (C=O) groups excluding carboxylic acids is 1. The first-order chi connectivity index (χ1) is 11.2. The largest absolute Gasteiger partial charge is 0.444 e. The van der Waals surface area contributed by atoms with Gasteiger partial charge < -0.3 is 13.8 Å². The maximum absolute atomic E-state index is 13.4. The summed E-state index contributed by atoms with van der Waals surface area (Å²) in [5.41, 5.74) is -0.892. The van der Waals surface area contributed by atoms with E-state index in [2.05, 4.69) is 0 Å². The molecule has 0 radical (unpaired) electrons. The zero-order chi connectivity index (χ0) is 19.8. The lowest BCUT2D eigenvalue weighted by Gasteiger charge is -2.43. The summed E-state index contributed by atoms with van der Waals surface area (Å²) in [6.07, 6.45) is -0.219. The van der Waals surface area contributed by atoms with Gasteiger partial charge in [-0.1, -0.05) is 27.7 Å². The van der Waals surface area contributed by atoms with Crippen LogP contribution in [0.1, 0.15) is 54.9 Å². The van der Waals surface area contributed by atoms with Crippen LogP contribution in [0, 0.1) is 5.41 Å². The van der Waals surface area contributed by atoms with Gasteiger partial charge in [-0.2, -0.15) is 0 Å². The molecule has 7 nitrogen and oxygen atoms in total. The number of carbonyl (C=O) groups is 1. The fourth-order valence-electron chi connectivity index (χ4n) is 3.69. The average molecular weight is 378 g/mol. The van der Waals surface area contributed by atoms with E-state index in [0.29, 0.717) is 6.42 Å². The lowest BCUT2D eigenvalue weighted by Crippen LogP contribution is -2.52. The molecule has 0 N–H and O–H groups in total. The summed E-state index contributed by atoms with van der Waals surface area (Å²) < 4.78 is 29.7. The van der Waals surface area contributed by atoms with Gasteiger partial charge >= 0.3 is 13.7 Å². The predicted octanol–water partition coefficient (Wildman–Crippen LogP) is 4.13. The molecular formula is C17H35N2O5P. The number of ether oxygens (including phenoxy) is 1. The molecular weight excluding hydrogens is 343 g/mol. The molecule has 0 bridgehead atoms. The van der Waals surface area contributed by atoms with Crippen molar-refractivity contribution >= 4 is 13.7 Å². The van der Waals surface area contributed by atoms with Crippen LogP contribution in [-0.4, -0.2) is 60.8 Å². The smallest absolute Gasteiger partial charge is 0.411 e. The lowest BCUT2D eigenvalue weighted by atomic mass is 9.91. The second-order valence-electron chi connectivity index (χ2n) is 8.66. The summed E-state index contributed by atoms with van der Waals surface area (Å²) in [6.45, 7) is 13.8. The normalized spacial score (nSPS) is 26.2. The molecule has 1 aliphatic heterocycles. The number of hydrogen-bond acceptors (Lipinski definition) is 6. The number of hydrogen-bond donors (Lipinski definition) is 0. The van der Waals surface area contributed by atoms with Crippen LogP contribution in [0.15, 0.2) is 0 Å². The molecule has 0 aromatic heterocycles. The van der Waals surface area contributed by atoms with E-state index >= 15 is 0 Å². The summed E-state index contributed by atoms with van der Waals surface area (Å²) in [5, 5.41) is -0.925. The highest BCUT2D eigenvalue weighted by molar-refractivity contribution is 7.55. The van der Waals surface area contributed by atoms with Crippen molar-refractivity contribution in [1.82, 2.24) is 9.80 Å². The van der Waals surface area contributed by atoms with Gasteiger partial charge in [-0.05, 0) is 39.7 Å². The van der Waals surface area contributed by atoms with Crippen molar-refractivity contribution in [3.63, 3.8) is 0 Å². The Morgan fingerprint density at radius 3 is 1.96 bits per heavy atom. The quantitative estimate of drug-likeness (QED) is 0.685. The van der Waals surface area contributed by atoms with Crippen molar-refractivity contribution in [3.05, 3.63) is 0 Å². The van der Waals surface area contributed by atoms with E-state index in [1.165, 1.54) is 14.2 Å². The third-order valence-corrected chi connectivity index (χ3v) is 7.46. The standard InChI is InChI=1S/C17H35N2O5P/c1-11-17(25(21,22-9)23-10)12-19(14(20)24-16(5,6)7)13(18(17)8)15(2,3)4/h13H,11-12H2,1-10H3/t13-,17-/m0/s1. The Balaban J connectivity index is 3.44. The van der Waals surface area contributed by atoms with Crippen LogP contribution in [0.2, 0.25) is 0 Å². The highest BCUT2D eigenvalue weighted by Gasteiger charge is 2.63. The molecule has 0 saturated carbocycles. The molecule has 8 heteroatoms. The molecule has 1 heterocycles. The van der Waals surface area contributed by atoms with Crippen LogP contribution < -0.4 is 0 Å². The van der Waals surface area contributed by atoms with Crippen LogP contribution in [-0.2, 0) is 18.3 Å². The number of amides is 1. The summed E-state index contributed by atoms with van der Waals surface area (Å²) >= 11 is 0. The van der Waals surface area contributed by atoms with Gasteiger partial charge in [0.1, 0.15) is 10.9 Å². The van der Waals surface area contributed by atoms with Gasteiger partial charge in [0.05, 0.1) is 12.7 Å². The van der Waals surface area contributed by atoms with Gasteiger partial charge in [0.2, 0.25) is 0 Å². The topological polar surface area (TPSA) is 68.3 Å². The van der Waals surface area contributed by atoms with Gasteiger partial charge in [-0.25, -0.2) is 4.79 Å². The van der Waals surface area contributed by atoms with Gasteiger partial charge in [0.15, 0.2) is 0 Å². The number of likely N-dealkylation sites (N-methyl/N-ethyl adjacent to an activating group) is 1. The predicted molar refractivity (Wildman–Crippen MR) is 98.6 cm³/mol. The second kappa shape index (κ2) is 7.18. The molecule has 2 atom stereocenters. The van der Waals surface area contributed by atoms with Crippen molar-refractivity contribution in [2.45, 2.75) is 71.9 Å². The molecule has 25 heavy (non-hydrogen) atoms. The average Bonchev–Trinajstić information content (AvgIpc) is 2.79. The molecule has 1 aliphatic rings. The van der Waals surface area contributed by atoms with E-state index in [1.807, 2.05) is 60.4 Å². The fraction of sp³-hybridized carbons (Fsp3) is 0.941. The second-order valence-corrected chi connectivity index (χ2v) is 11.2. The molecule has 1 rings (SSSR count). The minimum atomic E-state index is -3.47. The van der Waals surface area contributed by atoms with Gasteiger partial charge in [-0.3, -0.25) is 14.4 Å². The summed E-state index contributed by atoms with van der Waals surface area (Å²) in [7, 11) is 1.17. The molecule has 0 aromatic carbocycles. The molecule has 1 saturated heterocycles. The Kier molecular flexibility index (Phi) is 6.44. The van der Waals surface area contributed by atoms with Gasteiger partial charge in [0.25, 0.3) is 0 Å². The molecule has 0 aromatic rings. The third kappa shape index (κ3) is 4.05. The highest BCUT2D eigenvalue weighted by atomic mass is 31.2. The Morgan fingerprint density at radius 1 is 1.16 bits per heavy atom. The monoisotopic (exact) mass is 378 g/mol. The summed E-state index contributed by atoms with van der Waals surface area (Å²) in [4.78, 5) is 16.5.